The molecule has 84 valence electrons. The molecule has 0 aliphatic carbocycles. The molecular formula is C12H12ClNOS. The lowest BCUT2D eigenvalue weighted by Gasteiger charge is -2.08. The zero-order valence-corrected chi connectivity index (χ0v) is 10.2. The van der Waals surface area contributed by atoms with E-state index in [0.29, 0.717) is 0 Å². The molecule has 2 aromatic rings. The van der Waals surface area contributed by atoms with Crippen molar-refractivity contribution in [1.82, 2.24) is 0 Å². The summed E-state index contributed by atoms with van der Waals surface area (Å²) in [4.78, 5) is 1.17. The van der Waals surface area contributed by atoms with Crippen molar-refractivity contribution in [2.45, 2.75) is 10.9 Å². The highest BCUT2D eigenvalue weighted by Crippen LogP contribution is 2.24. The van der Waals surface area contributed by atoms with E-state index >= 15 is 0 Å². The van der Waals surface area contributed by atoms with Gasteiger partial charge in [0.15, 0.2) is 0 Å². The van der Waals surface area contributed by atoms with Gasteiger partial charge in [0.25, 0.3) is 0 Å². The summed E-state index contributed by atoms with van der Waals surface area (Å²) in [6.07, 6.45) is 3.33. The first-order chi connectivity index (χ1) is 7.75. The van der Waals surface area contributed by atoms with Crippen LogP contribution in [0.1, 0.15) is 11.6 Å². The molecule has 1 aromatic heterocycles. The minimum atomic E-state index is -0.000530. The summed E-state index contributed by atoms with van der Waals surface area (Å²) in [7, 11) is 0. The molecule has 0 spiro atoms. The van der Waals surface area contributed by atoms with Crippen LogP contribution in [0.3, 0.4) is 0 Å². The van der Waals surface area contributed by atoms with Gasteiger partial charge in [-0.2, -0.15) is 0 Å². The third-order valence-electron chi connectivity index (χ3n) is 2.21. The summed E-state index contributed by atoms with van der Waals surface area (Å²) in [6.45, 7) is 0. The van der Waals surface area contributed by atoms with Crippen LogP contribution in [0.4, 0.5) is 0 Å². The van der Waals surface area contributed by atoms with E-state index in [9.17, 15) is 0 Å². The van der Waals surface area contributed by atoms with Crippen molar-refractivity contribution in [3.05, 3.63) is 53.4 Å². The van der Waals surface area contributed by atoms with Crippen molar-refractivity contribution in [2.24, 2.45) is 5.73 Å². The van der Waals surface area contributed by atoms with Crippen LogP contribution in [0.15, 0.2) is 52.2 Å². The van der Waals surface area contributed by atoms with Crippen LogP contribution < -0.4 is 5.73 Å². The molecule has 0 saturated carbocycles. The molecule has 0 radical (unpaired) electrons. The van der Waals surface area contributed by atoms with Crippen LogP contribution in [0.25, 0.3) is 0 Å². The molecule has 4 heteroatoms. The molecule has 16 heavy (non-hydrogen) atoms. The monoisotopic (exact) mass is 253 g/mol. The molecule has 1 unspecified atom stereocenters. The Morgan fingerprint density at radius 2 is 2.00 bits per heavy atom. The summed E-state index contributed by atoms with van der Waals surface area (Å²) < 4.78 is 5.00. The molecule has 0 aliphatic rings. The second kappa shape index (κ2) is 5.43. The third kappa shape index (κ3) is 3.04. The average Bonchev–Trinajstić information content (AvgIpc) is 2.81. The van der Waals surface area contributed by atoms with Crippen molar-refractivity contribution < 1.29 is 4.42 Å². The minimum Gasteiger partial charge on any atom is -0.472 e. The van der Waals surface area contributed by atoms with Gasteiger partial charge in [0.1, 0.15) is 0 Å². The number of benzene rings is 1. The van der Waals surface area contributed by atoms with Gasteiger partial charge in [0.05, 0.1) is 12.5 Å². The van der Waals surface area contributed by atoms with Gasteiger partial charge in [0, 0.05) is 27.3 Å². The van der Waals surface area contributed by atoms with Crippen LogP contribution in [-0.2, 0) is 0 Å². The number of thioether (sulfide) groups is 1. The van der Waals surface area contributed by atoms with E-state index in [1.807, 2.05) is 30.3 Å². The van der Waals surface area contributed by atoms with Gasteiger partial charge in [-0.3, -0.25) is 0 Å². The number of nitrogens with two attached hydrogens (primary N) is 1. The lowest BCUT2D eigenvalue weighted by atomic mass is 10.2. The summed E-state index contributed by atoms with van der Waals surface area (Å²) in [5, 5.41) is 0.753. The molecule has 0 fully saturated rings. The Bertz CT molecular complexity index is 427. The normalized spacial score (nSPS) is 12.6. The van der Waals surface area contributed by atoms with Crippen LogP contribution in [0, 0.1) is 0 Å². The minimum absolute atomic E-state index is 0.000530. The molecular weight excluding hydrogens is 242 g/mol. The predicted octanol–water partition coefficient (Wildman–Crippen LogP) is 3.73. The van der Waals surface area contributed by atoms with Crippen molar-refractivity contribution >= 4 is 23.4 Å². The Balaban J connectivity index is 1.90. The van der Waals surface area contributed by atoms with Gasteiger partial charge in [-0.25, -0.2) is 0 Å². The Kier molecular flexibility index (Phi) is 3.93. The first-order valence-corrected chi connectivity index (χ1v) is 6.28. The maximum Gasteiger partial charge on any atom is 0.0950 e. The fraction of sp³-hybridized carbons (Fsp3) is 0.167. The van der Waals surface area contributed by atoms with Gasteiger partial charge >= 0.3 is 0 Å². The van der Waals surface area contributed by atoms with Crippen molar-refractivity contribution in [2.75, 3.05) is 5.75 Å². The lowest BCUT2D eigenvalue weighted by molar-refractivity contribution is 0.561. The molecule has 0 saturated heterocycles. The number of furan rings is 1. The molecule has 2 N–H and O–H groups in total. The average molecular weight is 254 g/mol. The lowest BCUT2D eigenvalue weighted by Crippen LogP contribution is -2.11. The van der Waals surface area contributed by atoms with Crippen molar-refractivity contribution in [1.29, 1.82) is 0 Å². The molecule has 1 aromatic carbocycles. The van der Waals surface area contributed by atoms with Crippen molar-refractivity contribution in [3.8, 4) is 0 Å². The fourth-order valence-corrected chi connectivity index (χ4v) is 2.32. The van der Waals surface area contributed by atoms with Gasteiger partial charge < -0.3 is 10.2 Å². The fourth-order valence-electron chi connectivity index (χ4n) is 1.30. The molecule has 2 rings (SSSR count). The Hall–Kier alpha value is -0.900. The maximum atomic E-state index is 6.01. The number of rotatable bonds is 4. The van der Waals surface area contributed by atoms with Crippen LogP contribution in [-0.4, -0.2) is 5.75 Å². The SMILES string of the molecule is NC(CSc1ccc(Cl)cc1)c1ccoc1. The molecule has 1 heterocycles. The molecule has 0 amide bonds. The second-order valence-corrected chi connectivity index (χ2v) is 4.96. The van der Waals surface area contributed by atoms with E-state index in [1.165, 1.54) is 4.90 Å². The van der Waals surface area contributed by atoms with Gasteiger partial charge in [-0.15, -0.1) is 11.8 Å². The third-order valence-corrected chi connectivity index (χ3v) is 3.60. The first kappa shape index (κ1) is 11.6. The molecule has 1 atom stereocenters. The van der Waals surface area contributed by atoms with Gasteiger partial charge in [-0.1, -0.05) is 11.6 Å². The maximum absolute atomic E-state index is 6.01. The molecule has 0 bridgehead atoms. The number of hydrogen-bond donors (Lipinski definition) is 1. The van der Waals surface area contributed by atoms with Gasteiger partial charge in [0.2, 0.25) is 0 Å². The van der Waals surface area contributed by atoms with Crippen LogP contribution in [0.2, 0.25) is 5.02 Å². The largest absolute Gasteiger partial charge is 0.472 e. The van der Waals surface area contributed by atoms with E-state index in [1.54, 1.807) is 24.3 Å². The topological polar surface area (TPSA) is 39.2 Å². The highest BCUT2D eigenvalue weighted by atomic mass is 35.5. The van der Waals surface area contributed by atoms with E-state index in [4.69, 9.17) is 21.8 Å². The van der Waals surface area contributed by atoms with E-state index in [0.717, 1.165) is 16.3 Å². The Morgan fingerprint density at radius 3 is 2.62 bits per heavy atom. The Labute approximate surface area is 104 Å². The highest BCUT2D eigenvalue weighted by molar-refractivity contribution is 7.99. The standard InChI is InChI=1S/C12H12ClNOS/c13-10-1-3-11(4-2-10)16-8-12(14)9-5-6-15-7-9/h1-7,12H,8,14H2. The van der Waals surface area contributed by atoms with Crippen LogP contribution in [0.5, 0.6) is 0 Å². The van der Waals surface area contributed by atoms with Crippen LogP contribution >= 0.6 is 23.4 Å². The number of hydrogen-bond acceptors (Lipinski definition) is 3. The smallest absolute Gasteiger partial charge is 0.0950 e. The zero-order valence-electron chi connectivity index (χ0n) is 8.60. The molecule has 2 nitrogen and oxygen atoms in total. The summed E-state index contributed by atoms with van der Waals surface area (Å²) in [6, 6.07) is 9.65. The predicted molar refractivity (Wildman–Crippen MR) is 67.8 cm³/mol. The van der Waals surface area contributed by atoms with E-state index < -0.39 is 0 Å². The second-order valence-electron chi connectivity index (χ2n) is 3.43. The number of halogens is 1. The molecule has 0 aliphatic heterocycles. The highest BCUT2D eigenvalue weighted by Gasteiger charge is 2.07. The summed E-state index contributed by atoms with van der Waals surface area (Å²) >= 11 is 7.52. The van der Waals surface area contributed by atoms with E-state index in [2.05, 4.69) is 0 Å². The van der Waals surface area contributed by atoms with E-state index in [-0.39, 0.29) is 6.04 Å². The van der Waals surface area contributed by atoms with Crippen molar-refractivity contribution in [3.63, 3.8) is 0 Å². The first-order valence-electron chi connectivity index (χ1n) is 4.92. The summed E-state index contributed by atoms with van der Waals surface area (Å²) in [5.74, 6) is 0.821. The Morgan fingerprint density at radius 1 is 1.25 bits per heavy atom. The zero-order chi connectivity index (χ0) is 11.4. The quantitative estimate of drug-likeness (QED) is 0.844. The van der Waals surface area contributed by atoms with Gasteiger partial charge in [-0.05, 0) is 30.3 Å². The summed E-state index contributed by atoms with van der Waals surface area (Å²) in [5.41, 5.74) is 7.04.